The van der Waals surface area contributed by atoms with E-state index in [2.05, 4.69) is 109 Å². The average Bonchev–Trinajstić information content (AvgIpc) is 2.82. The molecule has 4 aromatic rings. The number of alkyl halides is 3. The Morgan fingerprint density at radius 1 is 0.618 bits per heavy atom. The predicted octanol–water partition coefficient (Wildman–Crippen LogP) is 3.40. The van der Waals surface area contributed by atoms with Crippen LogP contribution in [0.2, 0.25) is 0 Å². The largest absolute Gasteiger partial charge is 0.741 e. The topological polar surface area (TPSA) is 57.2 Å². The first-order valence-electron chi connectivity index (χ1n) is 10.2. The molecule has 4 rings (SSSR count). The van der Waals surface area contributed by atoms with Crippen LogP contribution in [0.5, 0.6) is 0 Å². The van der Waals surface area contributed by atoms with Gasteiger partial charge in [0.2, 0.25) is 0 Å². The van der Waals surface area contributed by atoms with Crippen molar-refractivity contribution < 1.29 is 26.1 Å². The zero-order valence-electron chi connectivity index (χ0n) is 17.8. The molecule has 0 aromatic heterocycles. The normalized spacial score (nSPS) is 11.9. The van der Waals surface area contributed by atoms with Gasteiger partial charge in [-0.3, -0.25) is 0 Å². The lowest BCUT2D eigenvalue weighted by molar-refractivity contribution is -0.0517. The van der Waals surface area contributed by atoms with Crippen LogP contribution < -0.4 is 21.9 Å². The zero-order valence-corrected chi connectivity index (χ0v) is 19.5. The summed E-state index contributed by atoms with van der Waals surface area (Å²) in [6.45, 7) is 0. The third-order valence-electron chi connectivity index (χ3n) is 5.59. The maximum absolute atomic E-state index is 10.7. The molecule has 9 heteroatoms. The van der Waals surface area contributed by atoms with Crippen LogP contribution in [0.15, 0.2) is 120 Å². The van der Waals surface area contributed by atoms with Gasteiger partial charge in [-0.1, -0.05) is 115 Å². The predicted molar refractivity (Wildman–Crippen MR) is 133 cm³/mol. The second kappa shape index (κ2) is 10.5. The second-order valence-electron chi connectivity index (χ2n) is 7.56. The highest BCUT2D eigenvalue weighted by Crippen LogP contribution is 2.20. The van der Waals surface area contributed by atoms with E-state index in [1.165, 1.54) is 21.9 Å². The summed E-state index contributed by atoms with van der Waals surface area (Å²) in [5.74, 6) is 0. The Hall–Kier alpha value is -3.01. The number of thiol groups is 1. The summed E-state index contributed by atoms with van der Waals surface area (Å²) in [6, 6.07) is 40.9. The van der Waals surface area contributed by atoms with Gasteiger partial charge in [-0.15, -0.1) is 12.6 Å². The Morgan fingerprint density at radius 3 is 1.21 bits per heavy atom. The van der Waals surface area contributed by atoms with Crippen molar-refractivity contribution >= 4 is 50.7 Å². The maximum atomic E-state index is 10.7. The van der Waals surface area contributed by atoms with E-state index in [4.69, 9.17) is 25.6 Å². The van der Waals surface area contributed by atoms with Gasteiger partial charge >= 0.3 is 5.51 Å². The molecule has 0 N–H and O–H groups in total. The van der Waals surface area contributed by atoms with Crippen molar-refractivity contribution in [3.05, 3.63) is 115 Å². The van der Waals surface area contributed by atoms with Gasteiger partial charge < -0.3 is 4.55 Å². The van der Waals surface area contributed by atoms with Crippen LogP contribution in [0.25, 0.3) is 0 Å². The second-order valence-corrected chi connectivity index (χ2v) is 9.41. The molecule has 0 amide bonds. The minimum Gasteiger partial charge on any atom is -0.741 e. The first kappa shape index (κ1) is 25.6. The van der Waals surface area contributed by atoms with Gasteiger partial charge in [0, 0.05) is 0 Å². The minimum atomic E-state index is -6.09. The monoisotopic (exact) mass is 500 g/mol. The van der Waals surface area contributed by atoms with Gasteiger partial charge in [0.05, 0.1) is 0 Å². The lowest BCUT2D eigenvalue weighted by Gasteiger charge is -2.45. The highest BCUT2D eigenvalue weighted by Gasteiger charge is 2.37. The summed E-state index contributed by atoms with van der Waals surface area (Å²) < 4.78 is 58.9. The molecule has 3 nitrogen and oxygen atoms in total. The van der Waals surface area contributed by atoms with E-state index < -0.39 is 21.8 Å². The van der Waals surface area contributed by atoms with Crippen molar-refractivity contribution in [3.8, 4) is 0 Å². The maximum Gasteiger partial charge on any atom is 0.485 e. The lowest BCUT2D eigenvalue weighted by Crippen LogP contribution is -2.75. The third-order valence-corrected chi connectivity index (χ3v) is 6.56. The molecular weight excluding hydrogens is 480 g/mol. The number of halogens is 3. The summed E-state index contributed by atoms with van der Waals surface area (Å²) in [5, 5.41) is 0. The average molecular weight is 500 g/mol. The fourth-order valence-electron chi connectivity index (χ4n) is 4.19. The molecule has 34 heavy (non-hydrogen) atoms. The Labute approximate surface area is 202 Å². The molecule has 0 bridgehead atoms. The number of hydrogen-bond donors (Lipinski definition) is 1. The number of rotatable bonds is 4. The first-order chi connectivity index (χ1) is 16.1. The fourth-order valence-corrected chi connectivity index (χ4v) is 4.55. The molecule has 0 aliphatic carbocycles. The SMILES string of the molecule is O=S(=O)([O-])C(F)(F)F.Sc1ccccc1[B-](c1ccccc1)(c1ccccc1)c1ccccc1. The van der Waals surface area contributed by atoms with Crippen LogP contribution in [0.3, 0.4) is 0 Å². The van der Waals surface area contributed by atoms with E-state index >= 15 is 0 Å². The van der Waals surface area contributed by atoms with Crippen LogP contribution >= 0.6 is 12.6 Å². The van der Waals surface area contributed by atoms with Crippen LogP contribution in [-0.4, -0.2) is 24.6 Å². The van der Waals surface area contributed by atoms with Crippen molar-refractivity contribution in [3.63, 3.8) is 0 Å². The molecular formula is C25H20BF3O3S2-2. The molecule has 176 valence electrons. The fraction of sp³-hybridized carbons (Fsp3) is 0.0400. The Balaban J connectivity index is 0.000000350. The van der Waals surface area contributed by atoms with Crippen molar-refractivity contribution in [2.24, 2.45) is 0 Å². The molecule has 0 fully saturated rings. The van der Waals surface area contributed by atoms with Crippen molar-refractivity contribution in [1.29, 1.82) is 0 Å². The van der Waals surface area contributed by atoms with Crippen LogP contribution in [0.1, 0.15) is 0 Å². The Bertz CT molecular complexity index is 1220. The number of hydrogen-bond acceptors (Lipinski definition) is 4. The van der Waals surface area contributed by atoms with E-state index in [-0.39, 0.29) is 0 Å². The van der Waals surface area contributed by atoms with E-state index in [0.717, 1.165) is 4.90 Å². The lowest BCUT2D eigenvalue weighted by atomic mass is 9.13. The van der Waals surface area contributed by atoms with Crippen molar-refractivity contribution in [1.82, 2.24) is 0 Å². The molecule has 0 saturated heterocycles. The smallest absolute Gasteiger partial charge is 0.485 e. The van der Waals surface area contributed by atoms with Crippen LogP contribution in [0, 0.1) is 0 Å². The van der Waals surface area contributed by atoms with E-state index in [0.29, 0.717) is 0 Å². The molecule has 0 radical (unpaired) electrons. The van der Waals surface area contributed by atoms with Gasteiger partial charge in [-0.25, -0.2) is 8.42 Å². The van der Waals surface area contributed by atoms with E-state index in [1.54, 1.807) is 0 Å². The summed E-state index contributed by atoms with van der Waals surface area (Å²) in [7, 11) is -6.09. The van der Waals surface area contributed by atoms with Crippen LogP contribution in [0.4, 0.5) is 13.2 Å². The Kier molecular flexibility index (Phi) is 7.91. The number of benzene rings is 4. The summed E-state index contributed by atoms with van der Waals surface area (Å²) in [5.41, 5.74) is -0.504. The van der Waals surface area contributed by atoms with E-state index in [9.17, 15) is 13.2 Å². The Morgan fingerprint density at radius 2 is 0.912 bits per heavy atom. The van der Waals surface area contributed by atoms with Crippen molar-refractivity contribution in [2.45, 2.75) is 10.4 Å². The molecule has 0 heterocycles. The van der Waals surface area contributed by atoms with Crippen molar-refractivity contribution in [2.75, 3.05) is 0 Å². The zero-order chi connectivity index (χ0) is 24.8. The van der Waals surface area contributed by atoms with Gasteiger partial charge in [0.15, 0.2) is 10.1 Å². The summed E-state index contributed by atoms with van der Waals surface area (Å²) in [6.07, 6.45) is -1.32. The van der Waals surface area contributed by atoms with Gasteiger partial charge in [-0.2, -0.15) is 35.0 Å². The van der Waals surface area contributed by atoms with Gasteiger partial charge in [0.1, 0.15) is 6.15 Å². The quantitative estimate of drug-likeness (QED) is 0.202. The molecule has 0 aliphatic heterocycles. The summed E-state index contributed by atoms with van der Waals surface area (Å²) >= 11 is 4.86. The van der Waals surface area contributed by atoms with Gasteiger partial charge in [0.25, 0.3) is 0 Å². The van der Waals surface area contributed by atoms with E-state index in [1.807, 2.05) is 6.07 Å². The molecule has 0 aliphatic rings. The molecule has 0 saturated carbocycles. The molecule has 4 aromatic carbocycles. The van der Waals surface area contributed by atoms with Crippen LogP contribution in [-0.2, 0) is 10.1 Å². The van der Waals surface area contributed by atoms with Gasteiger partial charge in [-0.05, 0) is 4.90 Å². The first-order valence-corrected chi connectivity index (χ1v) is 12.1. The summed E-state index contributed by atoms with van der Waals surface area (Å²) in [4.78, 5) is 1.02. The molecule has 0 atom stereocenters. The third kappa shape index (κ3) is 5.38. The highest BCUT2D eigenvalue weighted by molar-refractivity contribution is 7.86. The molecule has 0 spiro atoms. The standard InChI is InChI=1S/C24H20BS.CHF3O3S/c26-24-19-11-10-18-23(24)25(20-12-4-1-5-13-20,21-14-6-2-7-15-21)22-16-8-3-9-17-22;2-1(3,4)8(5,6)7/h1-19,26H;(H,5,6,7)/q-1;/p-1. The minimum absolute atomic E-state index is 1.02. The molecule has 0 unspecified atom stereocenters. The highest BCUT2D eigenvalue weighted by atomic mass is 32.2.